The van der Waals surface area contributed by atoms with Gasteiger partial charge >= 0.3 is 0 Å². The quantitative estimate of drug-likeness (QED) is 0.840. The summed E-state index contributed by atoms with van der Waals surface area (Å²) in [6.07, 6.45) is 0. The van der Waals surface area contributed by atoms with Gasteiger partial charge in [-0.25, -0.2) is 4.98 Å². The molecule has 1 aromatic rings. The predicted molar refractivity (Wildman–Crippen MR) is 64.6 cm³/mol. The lowest BCUT2D eigenvalue weighted by molar-refractivity contribution is 0.184. The normalized spacial score (nSPS) is 15.3. The molecule has 1 heterocycles. The molecule has 4 heteroatoms. The number of methoxy groups -OCH3 is 1. The highest BCUT2D eigenvalue weighted by atomic mass is 32.1. The van der Waals surface area contributed by atoms with E-state index in [1.165, 1.54) is 9.88 Å². The van der Waals surface area contributed by atoms with Gasteiger partial charge in [-0.05, 0) is 20.9 Å². The van der Waals surface area contributed by atoms with Crippen LogP contribution in [0, 0.1) is 6.92 Å². The first-order chi connectivity index (χ1) is 7.10. The second kappa shape index (κ2) is 5.58. The molecule has 0 aliphatic heterocycles. The van der Waals surface area contributed by atoms with Crippen molar-refractivity contribution < 1.29 is 4.74 Å². The van der Waals surface area contributed by atoms with E-state index in [1.807, 2.05) is 7.05 Å². The monoisotopic (exact) mass is 228 g/mol. The number of thiazole rings is 1. The number of aromatic nitrogens is 1. The van der Waals surface area contributed by atoms with Gasteiger partial charge in [-0.3, -0.25) is 0 Å². The van der Waals surface area contributed by atoms with Crippen molar-refractivity contribution in [2.45, 2.75) is 32.7 Å². The molecule has 0 fully saturated rings. The maximum absolute atomic E-state index is 5.15. The summed E-state index contributed by atoms with van der Waals surface area (Å²) in [5.41, 5.74) is 1.14. The second-order valence-corrected chi connectivity index (χ2v) is 4.93. The van der Waals surface area contributed by atoms with Crippen LogP contribution in [0.5, 0.6) is 0 Å². The third kappa shape index (κ3) is 3.00. The van der Waals surface area contributed by atoms with E-state index >= 15 is 0 Å². The molecule has 15 heavy (non-hydrogen) atoms. The van der Waals surface area contributed by atoms with Crippen molar-refractivity contribution in [3.05, 3.63) is 15.6 Å². The molecule has 0 spiro atoms. The first-order valence-electron chi connectivity index (χ1n) is 5.23. The van der Waals surface area contributed by atoms with Gasteiger partial charge in [0.25, 0.3) is 0 Å². The highest BCUT2D eigenvalue weighted by molar-refractivity contribution is 7.11. The molecule has 1 aromatic heterocycles. The number of nitrogens with zero attached hydrogens (tertiary/aromatic N) is 1. The number of aryl methyl sites for hydroxylation is 1. The molecule has 0 saturated carbocycles. The maximum Gasteiger partial charge on any atom is 0.0982 e. The number of rotatable bonds is 5. The van der Waals surface area contributed by atoms with Crippen LogP contribution in [0.3, 0.4) is 0 Å². The van der Waals surface area contributed by atoms with Gasteiger partial charge < -0.3 is 10.1 Å². The Morgan fingerprint density at radius 2 is 2.13 bits per heavy atom. The molecule has 2 unspecified atom stereocenters. The van der Waals surface area contributed by atoms with Gasteiger partial charge in [0.2, 0.25) is 0 Å². The zero-order valence-electron chi connectivity index (χ0n) is 10.1. The summed E-state index contributed by atoms with van der Waals surface area (Å²) < 4.78 is 5.15. The third-order valence-corrected chi connectivity index (χ3v) is 4.09. The summed E-state index contributed by atoms with van der Waals surface area (Å²) in [7, 11) is 3.70. The van der Waals surface area contributed by atoms with Gasteiger partial charge in [0.05, 0.1) is 17.3 Å². The van der Waals surface area contributed by atoms with Crippen molar-refractivity contribution in [3.8, 4) is 0 Å². The second-order valence-electron chi connectivity index (χ2n) is 3.87. The van der Waals surface area contributed by atoms with Crippen LogP contribution in [0.4, 0.5) is 0 Å². The summed E-state index contributed by atoms with van der Waals surface area (Å²) >= 11 is 1.79. The summed E-state index contributed by atoms with van der Waals surface area (Å²) in [5, 5.41) is 4.42. The van der Waals surface area contributed by atoms with E-state index in [-0.39, 0.29) is 0 Å². The molecule has 0 radical (unpaired) electrons. The lowest BCUT2D eigenvalue weighted by Gasteiger charge is -2.07. The molecule has 2 atom stereocenters. The van der Waals surface area contributed by atoms with Crippen molar-refractivity contribution in [2.24, 2.45) is 0 Å². The Morgan fingerprint density at radius 3 is 2.67 bits per heavy atom. The van der Waals surface area contributed by atoms with Crippen molar-refractivity contribution >= 4 is 11.3 Å². The van der Waals surface area contributed by atoms with Crippen LogP contribution in [-0.4, -0.2) is 25.7 Å². The largest absolute Gasteiger partial charge is 0.384 e. The van der Waals surface area contributed by atoms with E-state index in [4.69, 9.17) is 4.74 Å². The van der Waals surface area contributed by atoms with E-state index in [0.717, 1.165) is 12.3 Å². The highest BCUT2D eigenvalue weighted by Gasteiger charge is 2.16. The number of hydrogen-bond donors (Lipinski definition) is 1. The molecule has 86 valence electrons. The van der Waals surface area contributed by atoms with Gasteiger partial charge in [-0.1, -0.05) is 6.92 Å². The minimum absolute atomic E-state index is 0.381. The molecule has 1 rings (SSSR count). The first-order valence-corrected chi connectivity index (χ1v) is 6.05. The molecule has 0 amide bonds. The molecule has 0 aliphatic carbocycles. The summed E-state index contributed by atoms with van der Waals surface area (Å²) in [6, 6.07) is 0.381. The van der Waals surface area contributed by atoms with E-state index < -0.39 is 0 Å². The minimum Gasteiger partial charge on any atom is -0.384 e. The highest BCUT2D eigenvalue weighted by Crippen LogP contribution is 2.29. The summed E-state index contributed by atoms with van der Waals surface area (Å²) in [6.45, 7) is 7.11. The number of hydrogen-bond acceptors (Lipinski definition) is 4. The Labute approximate surface area is 95.9 Å². The van der Waals surface area contributed by atoms with Gasteiger partial charge in [0, 0.05) is 23.9 Å². The Morgan fingerprint density at radius 1 is 1.47 bits per heavy atom. The average Bonchev–Trinajstić information content (AvgIpc) is 2.60. The lowest BCUT2D eigenvalue weighted by atomic mass is 10.2. The van der Waals surface area contributed by atoms with E-state index in [9.17, 15) is 0 Å². The van der Waals surface area contributed by atoms with Crippen LogP contribution in [-0.2, 0) is 4.74 Å². The van der Waals surface area contributed by atoms with Crippen LogP contribution < -0.4 is 5.32 Å². The fourth-order valence-corrected chi connectivity index (χ4v) is 2.66. The fourth-order valence-electron chi connectivity index (χ4n) is 1.49. The van der Waals surface area contributed by atoms with Crippen LogP contribution in [0.15, 0.2) is 0 Å². The zero-order chi connectivity index (χ0) is 11.4. The average molecular weight is 228 g/mol. The van der Waals surface area contributed by atoms with Crippen LogP contribution in [0.2, 0.25) is 0 Å². The Kier molecular flexibility index (Phi) is 4.70. The standard InChI is InChI=1S/C11H20N2OS/c1-7(6-14-5)11-13-9(3)10(15-11)8(2)12-4/h7-8,12H,6H2,1-5H3. The molecule has 0 aliphatic rings. The Balaban J connectivity index is 2.85. The smallest absolute Gasteiger partial charge is 0.0982 e. The van der Waals surface area contributed by atoms with Crippen LogP contribution >= 0.6 is 11.3 Å². The summed E-state index contributed by atoms with van der Waals surface area (Å²) in [4.78, 5) is 5.93. The Hall–Kier alpha value is -0.450. The predicted octanol–water partition coefficient (Wildman–Crippen LogP) is 2.48. The van der Waals surface area contributed by atoms with Crippen LogP contribution in [0.1, 0.15) is 41.4 Å². The van der Waals surface area contributed by atoms with Crippen LogP contribution in [0.25, 0.3) is 0 Å². The fraction of sp³-hybridized carbons (Fsp3) is 0.727. The molecule has 1 N–H and O–H groups in total. The number of ether oxygens (including phenoxy) is 1. The van der Waals surface area contributed by atoms with E-state index in [1.54, 1.807) is 18.4 Å². The van der Waals surface area contributed by atoms with Crippen molar-refractivity contribution in [3.63, 3.8) is 0 Å². The topological polar surface area (TPSA) is 34.1 Å². The molecular weight excluding hydrogens is 208 g/mol. The van der Waals surface area contributed by atoms with E-state index in [2.05, 4.69) is 31.1 Å². The van der Waals surface area contributed by atoms with Crippen molar-refractivity contribution in [2.75, 3.05) is 20.8 Å². The van der Waals surface area contributed by atoms with Gasteiger partial charge in [0.15, 0.2) is 0 Å². The zero-order valence-corrected chi connectivity index (χ0v) is 10.9. The third-order valence-electron chi connectivity index (χ3n) is 2.51. The molecule has 0 bridgehead atoms. The molecule has 3 nitrogen and oxygen atoms in total. The van der Waals surface area contributed by atoms with Crippen molar-refractivity contribution in [1.29, 1.82) is 0 Å². The van der Waals surface area contributed by atoms with Crippen molar-refractivity contribution in [1.82, 2.24) is 10.3 Å². The molecular formula is C11H20N2OS. The summed E-state index contributed by atoms with van der Waals surface area (Å²) in [5.74, 6) is 0.386. The SMILES string of the molecule is CNC(C)c1sc(C(C)COC)nc1C. The molecule has 0 aromatic carbocycles. The minimum atomic E-state index is 0.381. The number of nitrogens with one attached hydrogen (secondary N) is 1. The Bertz CT molecular complexity index is 312. The molecule has 0 saturated heterocycles. The van der Waals surface area contributed by atoms with Gasteiger partial charge in [0.1, 0.15) is 0 Å². The maximum atomic E-state index is 5.15. The van der Waals surface area contributed by atoms with Gasteiger partial charge in [-0.2, -0.15) is 0 Å². The van der Waals surface area contributed by atoms with E-state index in [0.29, 0.717) is 12.0 Å². The van der Waals surface area contributed by atoms with Gasteiger partial charge in [-0.15, -0.1) is 11.3 Å². The first kappa shape index (κ1) is 12.6. The lowest BCUT2D eigenvalue weighted by Crippen LogP contribution is -2.11.